The van der Waals surface area contributed by atoms with Crippen molar-refractivity contribution in [2.24, 2.45) is 5.92 Å². The number of hydrogen-bond donors (Lipinski definition) is 0. The molecule has 4 rings (SSSR count). The SMILES string of the molecule is COc1cc2cnnc(N3CCCC(Cc4ncccn4)C3)c2cc1OC. The zero-order valence-corrected chi connectivity index (χ0v) is 15.6. The average Bonchev–Trinajstić information content (AvgIpc) is 2.73. The van der Waals surface area contributed by atoms with Gasteiger partial charge in [0.05, 0.1) is 20.4 Å². The summed E-state index contributed by atoms with van der Waals surface area (Å²) < 4.78 is 10.9. The van der Waals surface area contributed by atoms with E-state index in [4.69, 9.17) is 9.47 Å². The van der Waals surface area contributed by atoms with Gasteiger partial charge in [-0.15, -0.1) is 5.10 Å². The number of hydrogen-bond acceptors (Lipinski definition) is 7. The minimum absolute atomic E-state index is 0.498. The summed E-state index contributed by atoms with van der Waals surface area (Å²) >= 11 is 0. The predicted molar refractivity (Wildman–Crippen MR) is 103 cm³/mol. The summed E-state index contributed by atoms with van der Waals surface area (Å²) in [6.07, 6.45) is 8.54. The Labute approximate surface area is 158 Å². The van der Waals surface area contributed by atoms with Crippen LogP contribution in [0.15, 0.2) is 36.8 Å². The van der Waals surface area contributed by atoms with Crippen molar-refractivity contribution < 1.29 is 9.47 Å². The standard InChI is InChI=1S/C20H23N5O2/c1-26-17-10-15-12-23-24-20(16(15)11-18(17)27-2)25-8-3-5-14(13-25)9-19-21-6-4-7-22-19/h4,6-7,10-12,14H,3,5,8-9,13H2,1-2H3. The second-order valence-electron chi connectivity index (χ2n) is 6.79. The number of piperidine rings is 1. The predicted octanol–water partition coefficient (Wildman–Crippen LogP) is 2.90. The number of benzene rings is 1. The molecule has 0 radical (unpaired) electrons. The summed E-state index contributed by atoms with van der Waals surface area (Å²) in [6, 6.07) is 5.79. The van der Waals surface area contributed by atoms with Crippen LogP contribution in [0.25, 0.3) is 10.8 Å². The lowest BCUT2D eigenvalue weighted by atomic mass is 9.94. The molecule has 0 saturated carbocycles. The molecule has 0 amide bonds. The van der Waals surface area contributed by atoms with Crippen LogP contribution in [0.5, 0.6) is 11.5 Å². The number of aromatic nitrogens is 4. The van der Waals surface area contributed by atoms with E-state index in [2.05, 4.69) is 25.1 Å². The molecule has 0 spiro atoms. The maximum atomic E-state index is 5.48. The van der Waals surface area contributed by atoms with Crippen LogP contribution >= 0.6 is 0 Å². The Hall–Kier alpha value is -2.96. The number of methoxy groups -OCH3 is 2. The van der Waals surface area contributed by atoms with Crippen LogP contribution in [-0.2, 0) is 6.42 Å². The third-order valence-electron chi connectivity index (χ3n) is 5.05. The second-order valence-corrected chi connectivity index (χ2v) is 6.79. The van der Waals surface area contributed by atoms with Crippen molar-refractivity contribution in [3.63, 3.8) is 0 Å². The number of rotatable bonds is 5. The Morgan fingerprint density at radius 1 is 1.11 bits per heavy atom. The summed E-state index contributed by atoms with van der Waals surface area (Å²) in [5.74, 6) is 3.69. The monoisotopic (exact) mass is 365 g/mol. The normalized spacial score (nSPS) is 17.1. The Kier molecular flexibility index (Phi) is 5.00. The van der Waals surface area contributed by atoms with Crippen molar-refractivity contribution in [1.29, 1.82) is 0 Å². The van der Waals surface area contributed by atoms with Gasteiger partial charge >= 0.3 is 0 Å². The molecule has 7 heteroatoms. The third kappa shape index (κ3) is 3.63. The topological polar surface area (TPSA) is 73.3 Å². The highest BCUT2D eigenvalue weighted by atomic mass is 16.5. The number of fused-ring (bicyclic) bond motifs is 1. The molecule has 1 aliphatic rings. The molecule has 3 heterocycles. The van der Waals surface area contributed by atoms with Crippen LogP contribution in [0, 0.1) is 5.92 Å². The molecule has 1 aliphatic heterocycles. The molecular formula is C20H23N5O2. The quantitative estimate of drug-likeness (QED) is 0.688. The molecule has 27 heavy (non-hydrogen) atoms. The molecule has 0 N–H and O–H groups in total. The maximum absolute atomic E-state index is 5.48. The van der Waals surface area contributed by atoms with Crippen molar-refractivity contribution in [3.8, 4) is 11.5 Å². The van der Waals surface area contributed by atoms with Crippen LogP contribution in [-0.4, -0.2) is 47.5 Å². The zero-order valence-electron chi connectivity index (χ0n) is 15.6. The summed E-state index contributed by atoms with van der Waals surface area (Å²) in [5.41, 5.74) is 0. The van der Waals surface area contributed by atoms with Crippen LogP contribution in [0.2, 0.25) is 0 Å². The molecule has 7 nitrogen and oxygen atoms in total. The Bertz CT molecular complexity index is 919. The first-order chi connectivity index (χ1) is 13.3. The van der Waals surface area contributed by atoms with Gasteiger partial charge in [0.25, 0.3) is 0 Å². The number of nitrogens with zero attached hydrogens (tertiary/aromatic N) is 5. The van der Waals surface area contributed by atoms with Crippen molar-refractivity contribution in [2.75, 3.05) is 32.2 Å². The largest absolute Gasteiger partial charge is 0.493 e. The number of anilines is 1. The van der Waals surface area contributed by atoms with Gasteiger partial charge in [0.1, 0.15) is 5.82 Å². The van der Waals surface area contributed by atoms with E-state index in [9.17, 15) is 0 Å². The molecule has 1 atom stereocenters. The van der Waals surface area contributed by atoms with Gasteiger partial charge in [0.2, 0.25) is 0 Å². The van der Waals surface area contributed by atoms with Crippen molar-refractivity contribution in [1.82, 2.24) is 20.2 Å². The molecule has 1 saturated heterocycles. The zero-order chi connectivity index (χ0) is 18.6. The van der Waals surface area contributed by atoms with Crippen molar-refractivity contribution in [2.45, 2.75) is 19.3 Å². The minimum Gasteiger partial charge on any atom is -0.493 e. The van der Waals surface area contributed by atoms with Crippen molar-refractivity contribution >= 4 is 16.6 Å². The highest BCUT2D eigenvalue weighted by Crippen LogP contribution is 2.36. The van der Waals surface area contributed by atoms with E-state index in [1.165, 1.54) is 6.42 Å². The Morgan fingerprint density at radius 2 is 1.89 bits per heavy atom. The van der Waals surface area contributed by atoms with Gasteiger partial charge in [-0.3, -0.25) is 0 Å². The molecule has 1 aromatic carbocycles. The molecule has 1 fully saturated rings. The maximum Gasteiger partial charge on any atom is 0.161 e. The van der Waals surface area contributed by atoms with Crippen LogP contribution in [0.4, 0.5) is 5.82 Å². The lowest BCUT2D eigenvalue weighted by molar-refractivity contribution is 0.356. The van der Waals surface area contributed by atoms with Crippen LogP contribution in [0.1, 0.15) is 18.7 Å². The molecule has 1 unspecified atom stereocenters. The fourth-order valence-electron chi connectivity index (χ4n) is 3.75. The summed E-state index contributed by atoms with van der Waals surface area (Å²) in [7, 11) is 3.29. The lowest BCUT2D eigenvalue weighted by Gasteiger charge is -2.33. The van der Waals surface area contributed by atoms with E-state index in [1.54, 1.807) is 32.8 Å². The number of ether oxygens (including phenoxy) is 2. The van der Waals surface area contributed by atoms with Gasteiger partial charge in [-0.25, -0.2) is 9.97 Å². The smallest absolute Gasteiger partial charge is 0.161 e. The van der Waals surface area contributed by atoms with Gasteiger partial charge in [0, 0.05) is 42.7 Å². The van der Waals surface area contributed by atoms with Gasteiger partial charge < -0.3 is 14.4 Å². The van der Waals surface area contributed by atoms with Gasteiger partial charge in [-0.1, -0.05) is 0 Å². The van der Waals surface area contributed by atoms with Crippen molar-refractivity contribution in [3.05, 3.63) is 42.6 Å². The van der Waals surface area contributed by atoms with E-state index < -0.39 is 0 Å². The first-order valence-electron chi connectivity index (χ1n) is 9.16. The van der Waals surface area contributed by atoms with E-state index in [1.807, 2.05) is 18.2 Å². The first kappa shape index (κ1) is 17.5. The molecule has 0 aliphatic carbocycles. The van der Waals surface area contributed by atoms with E-state index in [0.29, 0.717) is 17.4 Å². The van der Waals surface area contributed by atoms with E-state index >= 15 is 0 Å². The van der Waals surface area contributed by atoms with Crippen LogP contribution in [0.3, 0.4) is 0 Å². The highest BCUT2D eigenvalue weighted by molar-refractivity contribution is 5.94. The Balaban J connectivity index is 1.63. The van der Waals surface area contributed by atoms with Crippen LogP contribution < -0.4 is 14.4 Å². The highest BCUT2D eigenvalue weighted by Gasteiger charge is 2.24. The van der Waals surface area contributed by atoms with E-state index in [0.717, 1.165) is 48.3 Å². The summed E-state index contributed by atoms with van der Waals surface area (Å²) in [5, 5.41) is 10.7. The summed E-state index contributed by atoms with van der Waals surface area (Å²) in [4.78, 5) is 11.1. The van der Waals surface area contributed by atoms with Gasteiger partial charge in [-0.05, 0) is 37.0 Å². The minimum atomic E-state index is 0.498. The molecular weight excluding hydrogens is 342 g/mol. The molecule has 0 bridgehead atoms. The van der Waals surface area contributed by atoms with Gasteiger partial charge in [-0.2, -0.15) is 5.10 Å². The molecule has 2 aromatic heterocycles. The molecule has 3 aromatic rings. The van der Waals surface area contributed by atoms with E-state index in [-0.39, 0.29) is 0 Å². The Morgan fingerprint density at radius 3 is 2.67 bits per heavy atom. The van der Waals surface area contributed by atoms with Gasteiger partial charge in [0.15, 0.2) is 17.3 Å². The summed E-state index contributed by atoms with van der Waals surface area (Å²) in [6.45, 7) is 1.88. The lowest BCUT2D eigenvalue weighted by Crippen LogP contribution is -2.37. The third-order valence-corrected chi connectivity index (χ3v) is 5.05. The fraction of sp³-hybridized carbons (Fsp3) is 0.400. The second kappa shape index (κ2) is 7.73. The fourth-order valence-corrected chi connectivity index (χ4v) is 3.75. The molecule has 140 valence electrons. The first-order valence-corrected chi connectivity index (χ1v) is 9.16. The average molecular weight is 365 g/mol.